The van der Waals surface area contributed by atoms with Gasteiger partial charge in [-0.3, -0.25) is 0 Å². The van der Waals surface area contributed by atoms with Gasteiger partial charge in [0.2, 0.25) is 5.89 Å². The highest BCUT2D eigenvalue weighted by molar-refractivity contribution is 4.98. The lowest BCUT2D eigenvalue weighted by atomic mass is 9.86. The van der Waals surface area contributed by atoms with Gasteiger partial charge >= 0.3 is 0 Å². The third-order valence-electron chi connectivity index (χ3n) is 3.30. The van der Waals surface area contributed by atoms with Gasteiger partial charge in [-0.2, -0.15) is 4.98 Å². The number of nitrogens with two attached hydrogens (primary N) is 1. The quantitative estimate of drug-likeness (QED) is 0.848. The van der Waals surface area contributed by atoms with Crippen molar-refractivity contribution >= 4 is 0 Å². The van der Waals surface area contributed by atoms with E-state index in [1.165, 1.54) is 0 Å². The Hall–Kier alpha value is -0.940. The number of rotatable bonds is 3. The first kappa shape index (κ1) is 11.5. The van der Waals surface area contributed by atoms with Crippen molar-refractivity contribution < 1.29 is 9.26 Å². The SMILES string of the molecule is COC(C)c1noc(C2CCC(N)CC2)n1. The average molecular weight is 225 g/mol. The van der Waals surface area contributed by atoms with Crippen LogP contribution in [0.15, 0.2) is 4.52 Å². The van der Waals surface area contributed by atoms with Gasteiger partial charge in [0.25, 0.3) is 0 Å². The topological polar surface area (TPSA) is 74.2 Å². The van der Waals surface area contributed by atoms with Gasteiger partial charge in [0.15, 0.2) is 5.82 Å². The van der Waals surface area contributed by atoms with Gasteiger partial charge < -0.3 is 15.0 Å². The first-order valence-electron chi connectivity index (χ1n) is 5.82. The van der Waals surface area contributed by atoms with Gasteiger partial charge in [-0.25, -0.2) is 0 Å². The highest BCUT2D eigenvalue weighted by Gasteiger charge is 2.25. The molecule has 16 heavy (non-hydrogen) atoms. The largest absolute Gasteiger partial charge is 0.374 e. The molecule has 0 saturated heterocycles. The van der Waals surface area contributed by atoms with Crippen molar-refractivity contribution in [3.8, 4) is 0 Å². The molecule has 0 aliphatic heterocycles. The fraction of sp³-hybridized carbons (Fsp3) is 0.818. The molecule has 1 aliphatic carbocycles. The Labute approximate surface area is 95.3 Å². The summed E-state index contributed by atoms with van der Waals surface area (Å²) in [6.07, 6.45) is 4.07. The van der Waals surface area contributed by atoms with E-state index in [0.29, 0.717) is 17.8 Å². The highest BCUT2D eigenvalue weighted by Crippen LogP contribution is 2.31. The zero-order valence-electron chi connectivity index (χ0n) is 9.85. The van der Waals surface area contributed by atoms with Crippen LogP contribution in [-0.2, 0) is 4.74 Å². The second kappa shape index (κ2) is 4.93. The molecule has 90 valence electrons. The minimum absolute atomic E-state index is 0.108. The Morgan fingerprint density at radius 2 is 2.06 bits per heavy atom. The number of nitrogens with zero attached hydrogens (tertiary/aromatic N) is 2. The van der Waals surface area contributed by atoms with E-state index in [1.54, 1.807) is 7.11 Å². The summed E-state index contributed by atoms with van der Waals surface area (Å²) in [5, 5.41) is 3.94. The number of ether oxygens (including phenoxy) is 1. The monoisotopic (exact) mass is 225 g/mol. The zero-order chi connectivity index (χ0) is 11.5. The predicted octanol–water partition coefficient (Wildman–Crippen LogP) is 1.76. The van der Waals surface area contributed by atoms with Crippen LogP contribution < -0.4 is 5.73 Å². The van der Waals surface area contributed by atoms with E-state index >= 15 is 0 Å². The van der Waals surface area contributed by atoms with Gasteiger partial charge in [-0.15, -0.1) is 0 Å². The molecule has 1 heterocycles. The van der Waals surface area contributed by atoms with Gasteiger partial charge in [0.05, 0.1) is 0 Å². The van der Waals surface area contributed by atoms with Gasteiger partial charge in [0, 0.05) is 19.1 Å². The molecule has 0 aromatic carbocycles. The summed E-state index contributed by atoms with van der Waals surface area (Å²) in [7, 11) is 1.64. The lowest BCUT2D eigenvalue weighted by Gasteiger charge is -2.22. The molecule has 5 nitrogen and oxygen atoms in total. The van der Waals surface area contributed by atoms with Crippen LogP contribution in [0.1, 0.15) is 56.3 Å². The standard InChI is InChI=1S/C11H19N3O2/c1-7(15-2)10-13-11(16-14-10)8-3-5-9(12)6-4-8/h7-9H,3-6,12H2,1-2H3. The minimum Gasteiger partial charge on any atom is -0.374 e. The third-order valence-corrected chi connectivity index (χ3v) is 3.30. The van der Waals surface area contributed by atoms with Crippen LogP contribution in [0.2, 0.25) is 0 Å². The Bertz CT molecular complexity index is 332. The summed E-state index contributed by atoms with van der Waals surface area (Å²) in [6.45, 7) is 1.91. The van der Waals surface area contributed by atoms with E-state index in [0.717, 1.165) is 31.6 Å². The van der Waals surface area contributed by atoms with Crippen molar-refractivity contribution in [3.63, 3.8) is 0 Å². The molecule has 1 aliphatic rings. The maximum Gasteiger partial charge on any atom is 0.229 e. The zero-order valence-corrected chi connectivity index (χ0v) is 9.85. The molecule has 0 amide bonds. The molecule has 1 aromatic rings. The molecule has 2 N–H and O–H groups in total. The Kier molecular flexibility index (Phi) is 3.56. The molecular weight excluding hydrogens is 206 g/mol. The summed E-state index contributed by atoms with van der Waals surface area (Å²) in [6, 6.07) is 0.344. The molecule has 0 radical (unpaired) electrons. The number of methoxy groups -OCH3 is 1. The van der Waals surface area contributed by atoms with Crippen LogP contribution in [0.25, 0.3) is 0 Å². The minimum atomic E-state index is -0.108. The maximum atomic E-state index is 5.86. The fourth-order valence-electron chi connectivity index (χ4n) is 2.05. The van der Waals surface area contributed by atoms with Crippen molar-refractivity contribution in [1.29, 1.82) is 0 Å². The molecule has 1 fully saturated rings. The van der Waals surface area contributed by atoms with Gasteiger partial charge in [0.1, 0.15) is 6.10 Å². The Morgan fingerprint density at radius 3 is 2.69 bits per heavy atom. The van der Waals surface area contributed by atoms with Crippen LogP contribution in [0.5, 0.6) is 0 Å². The second-order valence-corrected chi connectivity index (χ2v) is 4.48. The number of hydrogen-bond acceptors (Lipinski definition) is 5. The molecule has 1 saturated carbocycles. The van der Waals surface area contributed by atoms with Crippen LogP contribution in [0.4, 0.5) is 0 Å². The molecule has 1 unspecified atom stereocenters. The maximum absolute atomic E-state index is 5.86. The molecule has 1 atom stereocenters. The molecule has 1 aromatic heterocycles. The summed E-state index contributed by atoms with van der Waals surface area (Å²) in [4.78, 5) is 4.39. The number of aromatic nitrogens is 2. The van der Waals surface area contributed by atoms with E-state index in [2.05, 4.69) is 10.1 Å². The normalized spacial score (nSPS) is 27.9. The van der Waals surface area contributed by atoms with Crippen LogP contribution >= 0.6 is 0 Å². The van der Waals surface area contributed by atoms with E-state index < -0.39 is 0 Å². The average Bonchev–Trinajstić information content (AvgIpc) is 2.78. The molecule has 2 rings (SSSR count). The number of hydrogen-bond donors (Lipinski definition) is 1. The van der Waals surface area contributed by atoms with Crippen molar-refractivity contribution in [2.45, 2.75) is 50.7 Å². The van der Waals surface area contributed by atoms with Crippen molar-refractivity contribution in [2.24, 2.45) is 5.73 Å². The van der Waals surface area contributed by atoms with E-state index in [4.69, 9.17) is 15.0 Å². The fourth-order valence-corrected chi connectivity index (χ4v) is 2.05. The van der Waals surface area contributed by atoms with E-state index in [-0.39, 0.29) is 6.10 Å². The Morgan fingerprint density at radius 1 is 1.38 bits per heavy atom. The van der Waals surface area contributed by atoms with Crippen molar-refractivity contribution in [3.05, 3.63) is 11.7 Å². The van der Waals surface area contributed by atoms with E-state index in [1.807, 2.05) is 6.92 Å². The smallest absolute Gasteiger partial charge is 0.229 e. The van der Waals surface area contributed by atoms with Crippen LogP contribution in [0.3, 0.4) is 0 Å². The summed E-state index contributed by atoms with van der Waals surface area (Å²) < 4.78 is 10.4. The van der Waals surface area contributed by atoms with Gasteiger partial charge in [-0.1, -0.05) is 5.16 Å². The first-order chi connectivity index (χ1) is 7.70. The predicted molar refractivity (Wildman–Crippen MR) is 58.9 cm³/mol. The van der Waals surface area contributed by atoms with Crippen LogP contribution in [-0.4, -0.2) is 23.3 Å². The summed E-state index contributed by atoms with van der Waals surface area (Å²) in [5.74, 6) is 1.75. The molecular formula is C11H19N3O2. The summed E-state index contributed by atoms with van der Waals surface area (Å²) in [5.41, 5.74) is 5.86. The Balaban J connectivity index is 2.01. The molecule has 0 spiro atoms. The second-order valence-electron chi connectivity index (χ2n) is 4.48. The first-order valence-corrected chi connectivity index (χ1v) is 5.82. The van der Waals surface area contributed by atoms with Gasteiger partial charge in [-0.05, 0) is 32.6 Å². The molecule has 5 heteroatoms. The summed E-state index contributed by atoms with van der Waals surface area (Å²) >= 11 is 0. The third kappa shape index (κ3) is 2.41. The lowest BCUT2D eigenvalue weighted by Crippen LogP contribution is -2.25. The van der Waals surface area contributed by atoms with Crippen molar-refractivity contribution in [2.75, 3.05) is 7.11 Å². The lowest BCUT2D eigenvalue weighted by molar-refractivity contribution is 0.109. The van der Waals surface area contributed by atoms with Crippen molar-refractivity contribution in [1.82, 2.24) is 10.1 Å². The molecule has 0 bridgehead atoms. The highest BCUT2D eigenvalue weighted by atomic mass is 16.5. The van der Waals surface area contributed by atoms with E-state index in [9.17, 15) is 0 Å². The van der Waals surface area contributed by atoms with Crippen LogP contribution in [0, 0.1) is 0 Å².